The first kappa shape index (κ1) is 28.0. The molecule has 10 nitrogen and oxygen atoms in total. The molecule has 2 aliphatic rings. The molecule has 0 aromatic carbocycles. The van der Waals surface area contributed by atoms with Crippen molar-refractivity contribution in [2.45, 2.75) is 19.4 Å². The van der Waals surface area contributed by atoms with Crippen LogP contribution in [0, 0.1) is 29.1 Å². The summed E-state index contributed by atoms with van der Waals surface area (Å²) in [4.78, 5) is 28.3. The van der Waals surface area contributed by atoms with Gasteiger partial charge < -0.3 is 15.3 Å². The topological polar surface area (TPSA) is 132 Å². The quantitative estimate of drug-likeness (QED) is 0.273. The van der Waals surface area contributed by atoms with E-state index >= 15 is 0 Å². The van der Waals surface area contributed by atoms with Crippen LogP contribution in [0.5, 0.6) is 0 Å². The largest absolute Gasteiger partial charge is 0.386 e. The van der Waals surface area contributed by atoms with Gasteiger partial charge in [-0.3, -0.25) is 9.78 Å². The Hall–Kier alpha value is -4.85. The monoisotopic (exact) mass is 604 g/mol. The van der Waals surface area contributed by atoms with E-state index < -0.39 is 5.60 Å². The van der Waals surface area contributed by atoms with E-state index in [4.69, 9.17) is 16.6 Å². The minimum Gasteiger partial charge on any atom is -0.386 e. The maximum Gasteiger partial charge on any atom is 0.271 e. The van der Waals surface area contributed by atoms with Crippen LogP contribution in [0.15, 0.2) is 73.4 Å². The number of carbonyl (C=O) groups is 1. The molecule has 5 aromatic heterocycles. The minimum atomic E-state index is -0.987. The van der Waals surface area contributed by atoms with Gasteiger partial charge in [0.25, 0.3) is 5.91 Å². The lowest BCUT2D eigenvalue weighted by molar-refractivity contribution is 0.0782. The molecule has 3 atom stereocenters. The van der Waals surface area contributed by atoms with Crippen molar-refractivity contribution in [3.05, 3.63) is 95.3 Å². The highest BCUT2D eigenvalue weighted by molar-refractivity contribution is 6.33. The molecule has 7 rings (SSSR count). The van der Waals surface area contributed by atoms with E-state index in [0.717, 1.165) is 46.9 Å². The summed E-state index contributed by atoms with van der Waals surface area (Å²) in [6.07, 6.45) is 8.50. The van der Waals surface area contributed by atoms with Gasteiger partial charge in [-0.25, -0.2) is 14.5 Å². The Kier molecular flexibility index (Phi) is 6.80. The van der Waals surface area contributed by atoms with Crippen molar-refractivity contribution in [2.75, 3.05) is 24.5 Å². The van der Waals surface area contributed by atoms with E-state index in [1.165, 1.54) is 0 Å². The highest BCUT2D eigenvalue weighted by Crippen LogP contribution is 2.52. The summed E-state index contributed by atoms with van der Waals surface area (Å²) in [6.45, 7) is 5.82. The summed E-state index contributed by atoms with van der Waals surface area (Å²) in [5.74, 6) is 2.10. The molecule has 0 bridgehead atoms. The van der Waals surface area contributed by atoms with Crippen LogP contribution in [0.3, 0.4) is 0 Å². The van der Waals surface area contributed by atoms with E-state index in [9.17, 15) is 15.2 Å². The summed E-state index contributed by atoms with van der Waals surface area (Å²) in [6, 6.07) is 15.4. The van der Waals surface area contributed by atoms with Gasteiger partial charge in [0.1, 0.15) is 17.6 Å². The van der Waals surface area contributed by atoms with Crippen LogP contribution < -0.4 is 10.2 Å². The molecule has 1 aliphatic heterocycles. The molecule has 2 N–H and O–H groups in total. The Balaban J connectivity index is 1.07. The predicted molar refractivity (Wildman–Crippen MR) is 166 cm³/mol. The predicted octanol–water partition coefficient (Wildman–Crippen LogP) is 4.72. The summed E-state index contributed by atoms with van der Waals surface area (Å²) in [5.41, 5.74) is 4.42. The number of pyridine rings is 4. The first-order chi connectivity index (χ1) is 21.2. The minimum absolute atomic E-state index is 0.243. The Bertz CT molecular complexity index is 1910. The van der Waals surface area contributed by atoms with Crippen LogP contribution >= 0.6 is 11.6 Å². The Morgan fingerprint density at radius 3 is 2.57 bits per heavy atom. The Morgan fingerprint density at radius 1 is 1.09 bits per heavy atom. The van der Waals surface area contributed by atoms with Gasteiger partial charge in [0, 0.05) is 66.7 Å². The van der Waals surface area contributed by atoms with Gasteiger partial charge in [0.2, 0.25) is 0 Å². The molecule has 0 spiro atoms. The third-order valence-corrected chi connectivity index (χ3v) is 9.03. The van der Waals surface area contributed by atoms with Gasteiger partial charge in [-0.15, -0.1) is 0 Å². The molecule has 44 heavy (non-hydrogen) atoms. The Morgan fingerprint density at radius 2 is 1.91 bits per heavy atom. The highest BCUT2D eigenvalue weighted by Gasteiger charge is 2.55. The van der Waals surface area contributed by atoms with Gasteiger partial charge in [0.05, 0.1) is 33.6 Å². The zero-order valence-corrected chi connectivity index (χ0v) is 24.9. The van der Waals surface area contributed by atoms with Crippen LogP contribution in [-0.4, -0.2) is 55.2 Å². The molecular formula is C33H29ClN8O2. The van der Waals surface area contributed by atoms with E-state index in [1.807, 2.05) is 42.7 Å². The van der Waals surface area contributed by atoms with Crippen molar-refractivity contribution >= 4 is 28.8 Å². The van der Waals surface area contributed by atoms with Crippen LogP contribution in [0.2, 0.25) is 5.02 Å². The number of anilines is 1. The molecule has 2 unspecified atom stereocenters. The van der Waals surface area contributed by atoms with Crippen LogP contribution in [0.4, 0.5) is 5.82 Å². The first-order valence-corrected chi connectivity index (χ1v) is 14.8. The molecular weight excluding hydrogens is 576 g/mol. The van der Waals surface area contributed by atoms with Gasteiger partial charge >= 0.3 is 0 Å². The number of piperidine rings is 1. The van der Waals surface area contributed by atoms with Crippen molar-refractivity contribution in [1.82, 2.24) is 29.9 Å². The van der Waals surface area contributed by atoms with Crippen molar-refractivity contribution in [2.24, 2.45) is 17.8 Å². The number of rotatable bonds is 7. The second-order valence-corrected chi connectivity index (χ2v) is 12.3. The van der Waals surface area contributed by atoms with Crippen molar-refractivity contribution < 1.29 is 9.90 Å². The lowest BCUT2D eigenvalue weighted by atomic mass is 9.99. The van der Waals surface area contributed by atoms with Gasteiger partial charge in [-0.1, -0.05) is 17.7 Å². The normalized spacial score (nSPS) is 19.1. The number of amides is 1. The first-order valence-electron chi connectivity index (χ1n) is 14.4. The fourth-order valence-corrected chi connectivity index (χ4v) is 6.42. The second-order valence-electron chi connectivity index (χ2n) is 11.9. The van der Waals surface area contributed by atoms with Crippen molar-refractivity contribution in [3.8, 4) is 28.5 Å². The lowest BCUT2D eigenvalue weighted by Crippen LogP contribution is -2.31. The number of nitriles is 1. The van der Waals surface area contributed by atoms with Crippen LogP contribution in [0.25, 0.3) is 27.9 Å². The fraction of sp³-hybridized carbons (Fsp3) is 0.273. The number of nitrogens with one attached hydrogen (secondary N) is 1. The summed E-state index contributed by atoms with van der Waals surface area (Å²) < 4.78 is 1.71. The van der Waals surface area contributed by atoms with E-state index in [1.54, 1.807) is 49.1 Å². The number of aliphatic hydroxyl groups is 1. The zero-order valence-electron chi connectivity index (χ0n) is 24.1. The maximum absolute atomic E-state index is 12.5. The SMILES string of the molecule is CC(C)(O)c1ccc(-c2cc(-c3ccc(N4CC5C(CNC(=O)c6ncccc6Cl)[C@H]5C4)nc3)c3c(C#N)cnn3c2)nc1. The molecule has 11 heteroatoms. The van der Waals surface area contributed by atoms with Crippen LogP contribution in [-0.2, 0) is 5.60 Å². The van der Waals surface area contributed by atoms with Crippen molar-refractivity contribution in [1.29, 1.82) is 5.26 Å². The molecule has 2 fully saturated rings. The highest BCUT2D eigenvalue weighted by atomic mass is 35.5. The molecule has 1 saturated carbocycles. The number of halogens is 1. The van der Waals surface area contributed by atoms with E-state index in [-0.39, 0.29) is 11.6 Å². The smallest absolute Gasteiger partial charge is 0.271 e. The average Bonchev–Trinajstić information content (AvgIpc) is 3.33. The van der Waals surface area contributed by atoms with E-state index in [0.29, 0.717) is 40.4 Å². The molecule has 1 amide bonds. The Labute approximate surface area is 259 Å². The second kappa shape index (κ2) is 10.7. The summed E-state index contributed by atoms with van der Waals surface area (Å²) in [7, 11) is 0. The molecule has 1 aliphatic carbocycles. The number of fused-ring (bicyclic) bond motifs is 2. The third-order valence-electron chi connectivity index (χ3n) is 8.72. The van der Waals surface area contributed by atoms with Gasteiger partial charge in [0.15, 0.2) is 0 Å². The number of carbonyl (C=O) groups excluding carboxylic acids is 1. The molecule has 1 saturated heterocycles. The standard InChI is InChI=1S/C33H29ClN8O2/c1-33(2,44)22-6-7-28(37-14-22)20-10-23(31-21(11-35)13-40-42(31)16-20)19-5-8-29(38-12-19)41-17-25-24(26(25)18-41)15-39-32(43)30-27(34)4-3-9-36-30/h3-10,12-14,16,24-26,44H,15,17-18H2,1-2H3,(H,39,43)/t24?,25-,26?/m1/s1. The molecule has 5 aromatic rings. The number of hydrogen-bond donors (Lipinski definition) is 2. The summed E-state index contributed by atoms with van der Waals surface area (Å²) in [5, 5.41) is 27.9. The van der Waals surface area contributed by atoms with Gasteiger partial charge in [-0.2, -0.15) is 10.4 Å². The third kappa shape index (κ3) is 5.04. The summed E-state index contributed by atoms with van der Waals surface area (Å²) >= 11 is 6.11. The number of nitrogens with zero attached hydrogens (tertiary/aromatic N) is 7. The average molecular weight is 605 g/mol. The van der Waals surface area contributed by atoms with Crippen molar-refractivity contribution in [3.63, 3.8) is 0 Å². The van der Waals surface area contributed by atoms with Gasteiger partial charge in [-0.05, 0) is 68.0 Å². The number of hydrogen-bond acceptors (Lipinski definition) is 8. The number of aromatic nitrogens is 5. The zero-order chi connectivity index (χ0) is 30.6. The lowest BCUT2D eigenvalue weighted by Gasteiger charge is -2.21. The van der Waals surface area contributed by atoms with Crippen LogP contribution in [0.1, 0.15) is 35.5 Å². The fourth-order valence-electron chi connectivity index (χ4n) is 6.21. The molecule has 220 valence electrons. The maximum atomic E-state index is 12.5. The molecule has 0 radical (unpaired) electrons. The van der Waals surface area contributed by atoms with E-state index in [2.05, 4.69) is 31.4 Å². The molecule has 6 heterocycles.